The van der Waals surface area contributed by atoms with Crippen molar-refractivity contribution in [2.45, 2.75) is 6.42 Å². The van der Waals surface area contributed by atoms with Crippen LogP contribution in [0.4, 0.5) is 5.69 Å². The largest absolute Gasteiger partial charge is 0.495 e. The normalized spacial score (nSPS) is 10.6. The Bertz CT molecular complexity index is 329. The fraction of sp³-hybridized carbons (Fsp3) is 0.500. The standard InChI is InChI=1S/C12H19ClN2O/c1-15(2)8-4-7-14-10-5-6-11(13)12(9-10)16-3/h5-6,9,14H,4,7-8H2,1-3H3. The van der Waals surface area contributed by atoms with Gasteiger partial charge in [0.25, 0.3) is 0 Å². The van der Waals surface area contributed by atoms with Crippen molar-refractivity contribution in [1.82, 2.24) is 4.90 Å². The molecule has 0 heterocycles. The number of anilines is 1. The third-order valence-electron chi connectivity index (χ3n) is 2.26. The Kier molecular flexibility index (Phi) is 5.43. The van der Waals surface area contributed by atoms with Crippen molar-refractivity contribution in [2.75, 3.05) is 39.6 Å². The van der Waals surface area contributed by atoms with Crippen LogP contribution in [0.25, 0.3) is 0 Å². The molecular weight excluding hydrogens is 224 g/mol. The van der Waals surface area contributed by atoms with Crippen LogP contribution in [0.3, 0.4) is 0 Å². The predicted octanol–water partition coefficient (Wildman–Crippen LogP) is 2.71. The highest BCUT2D eigenvalue weighted by Crippen LogP contribution is 2.27. The fourth-order valence-electron chi connectivity index (χ4n) is 1.40. The van der Waals surface area contributed by atoms with Crippen molar-refractivity contribution < 1.29 is 4.74 Å². The van der Waals surface area contributed by atoms with Crippen LogP contribution in [0.2, 0.25) is 5.02 Å². The molecule has 0 aliphatic rings. The Morgan fingerprint density at radius 3 is 2.75 bits per heavy atom. The van der Waals surface area contributed by atoms with E-state index in [0.717, 1.165) is 25.2 Å². The molecule has 0 aliphatic heterocycles. The molecule has 0 aromatic heterocycles. The fourth-order valence-corrected chi connectivity index (χ4v) is 1.59. The lowest BCUT2D eigenvalue weighted by Crippen LogP contribution is -2.16. The molecule has 0 saturated carbocycles. The first-order valence-electron chi connectivity index (χ1n) is 5.35. The molecule has 4 heteroatoms. The van der Waals surface area contributed by atoms with Crippen LogP contribution in [0.5, 0.6) is 5.75 Å². The summed E-state index contributed by atoms with van der Waals surface area (Å²) in [6, 6.07) is 5.72. The Hall–Kier alpha value is -0.930. The average Bonchev–Trinajstić information content (AvgIpc) is 2.26. The number of nitrogens with one attached hydrogen (secondary N) is 1. The van der Waals surface area contributed by atoms with Crippen LogP contribution in [0, 0.1) is 0 Å². The SMILES string of the molecule is COc1cc(NCCCN(C)C)ccc1Cl. The molecule has 0 spiro atoms. The summed E-state index contributed by atoms with van der Waals surface area (Å²) in [7, 11) is 5.77. The van der Waals surface area contributed by atoms with Gasteiger partial charge in [-0.25, -0.2) is 0 Å². The number of hydrogen-bond acceptors (Lipinski definition) is 3. The van der Waals surface area contributed by atoms with E-state index in [1.807, 2.05) is 18.2 Å². The van der Waals surface area contributed by atoms with Gasteiger partial charge in [0.15, 0.2) is 0 Å². The van der Waals surface area contributed by atoms with Crippen molar-refractivity contribution in [1.29, 1.82) is 0 Å². The van der Waals surface area contributed by atoms with Crippen LogP contribution < -0.4 is 10.1 Å². The molecule has 0 amide bonds. The Morgan fingerprint density at radius 2 is 2.12 bits per heavy atom. The van der Waals surface area contributed by atoms with E-state index in [2.05, 4.69) is 24.3 Å². The first-order valence-corrected chi connectivity index (χ1v) is 5.73. The van der Waals surface area contributed by atoms with Gasteiger partial charge in [0.1, 0.15) is 5.75 Å². The summed E-state index contributed by atoms with van der Waals surface area (Å²) in [5.74, 6) is 0.708. The Morgan fingerprint density at radius 1 is 1.38 bits per heavy atom. The maximum atomic E-state index is 5.94. The minimum Gasteiger partial charge on any atom is -0.495 e. The maximum absolute atomic E-state index is 5.94. The Balaban J connectivity index is 2.42. The molecule has 0 radical (unpaired) electrons. The van der Waals surface area contributed by atoms with E-state index in [-0.39, 0.29) is 0 Å². The van der Waals surface area contributed by atoms with Crippen LogP contribution in [0.15, 0.2) is 18.2 Å². The number of methoxy groups -OCH3 is 1. The number of halogens is 1. The van der Waals surface area contributed by atoms with Gasteiger partial charge in [0.2, 0.25) is 0 Å². The quantitative estimate of drug-likeness (QED) is 0.777. The van der Waals surface area contributed by atoms with Crippen molar-refractivity contribution in [3.8, 4) is 5.75 Å². The molecule has 1 aromatic carbocycles. The van der Waals surface area contributed by atoms with E-state index in [9.17, 15) is 0 Å². The topological polar surface area (TPSA) is 24.5 Å². The van der Waals surface area contributed by atoms with Crippen LogP contribution in [-0.4, -0.2) is 39.2 Å². The minimum atomic E-state index is 0.640. The van der Waals surface area contributed by atoms with Crippen molar-refractivity contribution in [3.63, 3.8) is 0 Å². The zero-order valence-corrected chi connectivity index (χ0v) is 10.8. The van der Waals surface area contributed by atoms with Crippen molar-refractivity contribution in [2.24, 2.45) is 0 Å². The molecule has 0 atom stereocenters. The molecule has 0 unspecified atom stereocenters. The lowest BCUT2D eigenvalue weighted by Gasteiger charge is -2.11. The van der Waals surface area contributed by atoms with Gasteiger partial charge in [-0.15, -0.1) is 0 Å². The first kappa shape index (κ1) is 13.1. The summed E-state index contributed by atoms with van der Waals surface area (Å²) in [5.41, 5.74) is 1.04. The molecule has 3 nitrogen and oxygen atoms in total. The highest BCUT2D eigenvalue weighted by molar-refractivity contribution is 6.32. The van der Waals surface area contributed by atoms with E-state index in [0.29, 0.717) is 10.8 Å². The number of nitrogens with zero attached hydrogens (tertiary/aromatic N) is 1. The molecule has 0 bridgehead atoms. The average molecular weight is 243 g/mol. The third-order valence-corrected chi connectivity index (χ3v) is 2.57. The molecular formula is C12H19ClN2O. The summed E-state index contributed by atoms with van der Waals surface area (Å²) < 4.78 is 5.15. The number of rotatable bonds is 6. The Labute approximate surface area is 102 Å². The smallest absolute Gasteiger partial charge is 0.139 e. The molecule has 1 rings (SSSR count). The second-order valence-electron chi connectivity index (χ2n) is 3.93. The molecule has 0 aliphatic carbocycles. The van der Waals surface area contributed by atoms with Gasteiger partial charge in [-0.2, -0.15) is 0 Å². The van der Waals surface area contributed by atoms with Gasteiger partial charge in [-0.3, -0.25) is 0 Å². The molecule has 1 N–H and O–H groups in total. The van der Waals surface area contributed by atoms with Crippen molar-refractivity contribution in [3.05, 3.63) is 23.2 Å². The predicted molar refractivity (Wildman–Crippen MR) is 69.7 cm³/mol. The van der Waals surface area contributed by atoms with E-state index < -0.39 is 0 Å². The summed E-state index contributed by atoms with van der Waals surface area (Å²) in [6.45, 7) is 2.03. The highest BCUT2D eigenvalue weighted by atomic mass is 35.5. The van der Waals surface area contributed by atoms with Crippen molar-refractivity contribution >= 4 is 17.3 Å². The van der Waals surface area contributed by atoms with Gasteiger partial charge in [-0.1, -0.05) is 11.6 Å². The monoisotopic (exact) mass is 242 g/mol. The van der Waals surface area contributed by atoms with Crippen LogP contribution in [-0.2, 0) is 0 Å². The molecule has 0 fully saturated rings. The third kappa shape index (κ3) is 4.29. The maximum Gasteiger partial charge on any atom is 0.139 e. The lowest BCUT2D eigenvalue weighted by atomic mass is 10.3. The van der Waals surface area contributed by atoms with E-state index >= 15 is 0 Å². The van der Waals surface area contributed by atoms with Gasteiger partial charge in [0.05, 0.1) is 12.1 Å². The van der Waals surface area contributed by atoms with Crippen LogP contribution >= 0.6 is 11.6 Å². The molecule has 16 heavy (non-hydrogen) atoms. The summed E-state index contributed by atoms with van der Waals surface area (Å²) in [6.07, 6.45) is 1.11. The summed E-state index contributed by atoms with van der Waals surface area (Å²) in [5, 5.41) is 3.98. The number of ether oxygens (including phenoxy) is 1. The van der Waals surface area contributed by atoms with Gasteiger partial charge >= 0.3 is 0 Å². The summed E-state index contributed by atoms with van der Waals surface area (Å²) in [4.78, 5) is 2.17. The number of hydrogen-bond donors (Lipinski definition) is 1. The van der Waals surface area contributed by atoms with Gasteiger partial charge in [-0.05, 0) is 39.2 Å². The summed E-state index contributed by atoms with van der Waals surface area (Å²) >= 11 is 5.94. The second-order valence-corrected chi connectivity index (χ2v) is 4.34. The highest BCUT2D eigenvalue weighted by Gasteiger charge is 2.01. The van der Waals surface area contributed by atoms with Gasteiger partial charge in [0, 0.05) is 18.3 Å². The second kappa shape index (κ2) is 6.61. The molecule has 90 valence electrons. The zero-order chi connectivity index (χ0) is 12.0. The minimum absolute atomic E-state index is 0.640. The molecule has 0 saturated heterocycles. The zero-order valence-electron chi connectivity index (χ0n) is 10.1. The lowest BCUT2D eigenvalue weighted by molar-refractivity contribution is 0.405. The number of benzene rings is 1. The van der Waals surface area contributed by atoms with E-state index in [4.69, 9.17) is 16.3 Å². The molecule has 1 aromatic rings. The van der Waals surface area contributed by atoms with Crippen LogP contribution in [0.1, 0.15) is 6.42 Å². The van der Waals surface area contributed by atoms with E-state index in [1.54, 1.807) is 7.11 Å². The van der Waals surface area contributed by atoms with E-state index in [1.165, 1.54) is 0 Å². The van der Waals surface area contributed by atoms with Gasteiger partial charge < -0.3 is 15.0 Å². The first-order chi connectivity index (χ1) is 7.63.